The summed E-state index contributed by atoms with van der Waals surface area (Å²) in [5.74, 6) is 2.98. The maximum Gasteiger partial charge on any atom is 0.283 e. The van der Waals surface area contributed by atoms with Crippen LogP contribution in [0.1, 0.15) is 30.6 Å². The maximum atomic E-state index is 5.66. The van der Waals surface area contributed by atoms with Gasteiger partial charge in [-0.05, 0) is 24.1 Å². The van der Waals surface area contributed by atoms with Crippen molar-refractivity contribution >= 4 is 11.8 Å². The van der Waals surface area contributed by atoms with Gasteiger partial charge in [-0.25, -0.2) is 0 Å². The van der Waals surface area contributed by atoms with E-state index in [-0.39, 0.29) is 0 Å². The van der Waals surface area contributed by atoms with Gasteiger partial charge in [0.1, 0.15) is 5.82 Å². The van der Waals surface area contributed by atoms with Gasteiger partial charge in [0, 0.05) is 13.0 Å². The number of benzene rings is 1. The summed E-state index contributed by atoms with van der Waals surface area (Å²) in [4.78, 5) is 0. The minimum absolute atomic E-state index is 0.385. The van der Waals surface area contributed by atoms with E-state index in [1.54, 1.807) is 30.2 Å². The van der Waals surface area contributed by atoms with Crippen molar-refractivity contribution in [2.24, 2.45) is 0 Å². The molecule has 0 saturated carbocycles. The van der Waals surface area contributed by atoms with Crippen LogP contribution in [0, 0.1) is 0 Å². The van der Waals surface area contributed by atoms with E-state index in [0.29, 0.717) is 23.3 Å². The van der Waals surface area contributed by atoms with Crippen molar-refractivity contribution in [3.8, 4) is 11.7 Å². The zero-order valence-electron chi connectivity index (χ0n) is 14.9. The van der Waals surface area contributed by atoms with Crippen molar-refractivity contribution in [3.63, 3.8) is 0 Å². The normalized spacial score (nSPS) is 11.1. The first-order valence-corrected chi connectivity index (χ1v) is 9.77. The van der Waals surface area contributed by atoms with E-state index in [4.69, 9.17) is 8.83 Å². The van der Waals surface area contributed by atoms with Crippen molar-refractivity contribution < 1.29 is 8.83 Å². The van der Waals surface area contributed by atoms with Gasteiger partial charge in [-0.3, -0.25) is 0 Å². The second-order valence-corrected chi connectivity index (χ2v) is 6.92. The molecule has 0 aliphatic rings. The van der Waals surface area contributed by atoms with Crippen LogP contribution in [0.2, 0.25) is 0 Å². The van der Waals surface area contributed by atoms with Crippen LogP contribution in [-0.4, -0.2) is 25.0 Å². The minimum Gasteiger partial charge on any atom is -0.459 e. The highest BCUT2D eigenvalue weighted by Gasteiger charge is 2.15. The smallest absolute Gasteiger partial charge is 0.283 e. The molecular weight excluding hydrogens is 362 g/mol. The summed E-state index contributed by atoms with van der Waals surface area (Å²) in [6.07, 6.45) is 3.35. The van der Waals surface area contributed by atoms with Gasteiger partial charge in [0.05, 0.1) is 12.0 Å². The molecular formula is C19H19N5O2S. The molecule has 138 valence electrons. The maximum absolute atomic E-state index is 5.66. The number of thioether (sulfide) groups is 1. The van der Waals surface area contributed by atoms with Crippen LogP contribution < -0.4 is 0 Å². The molecule has 0 atom stereocenters. The first-order chi connectivity index (χ1) is 13.3. The van der Waals surface area contributed by atoms with Crippen molar-refractivity contribution in [1.82, 2.24) is 25.0 Å². The van der Waals surface area contributed by atoms with Crippen LogP contribution in [-0.2, 0) is 18.7 Å². The van der Waals surface area contributed by atoms with E-state index in [2.05, 4.69) is 44.0 Å². The summed E-state index contributed by atoms with van der Waals surface area (Å²) in [7, 11) is 0. The fourth-order valence-electron chi connectivity index (χ4n) is 2.72. The molecule has 0 bridgehead atoms. The third kappa shape index (κ3) is 4.11. The van der Waals surface area contributed by atoms with Crippen LogP contribution >= 0.6 is 11.8 Å². The van der Waals surface area contributed by atoms with Crippen molar-refractivity contribution in [2.75, 3.05) is 0 Å². The van der Waals surface area contributed by atoms with Crippen LogP contribution in [0.3, 0.4) is 0 Å². The number of nitrogens with zero attached hydrogens (tertiary/aromatic N) is 5. The molecule has 7 nitrogen and oxygen atoms in total. The molecule has 0 N–H and O–H groups in total. The Bertz CT molecular complexity index is 979. The van der Waals surface area contributed by atoms with E-state index >= 15 is 0 Å². The summed E-state index contributed by atoms with van der Waals surface area (Å²) in [5.41, 5.74) is 1.22. The Morgan fingerprint density at radius 1 is 1.00 bits per heavy atom. The first-order valence-electron chi connectivity index (χ1n) is 8.78. The lowest BCUT2D eigenvalue weighted by Crippen LogP contribution is -2.05. The monoisotopic (exact) mass is 381 g/mol. The Morgan fingerprint density at radius 3 is 2.67 bits per heavy atom. The van der Waals surface area contributed by atoms with Crippen LogP contribution in [0.5, 0.6) is 0 Å². The summed E-state index contributed by atoms with van der Waals surface area (Å²) >= 11 is 1.54. The molecule has 0 unspecified atom stereocenters. The molecule has 3 heterocycles. The van der Waals surface area contributed by atoms with Crippen LogP contribution in [0.25, 0.3) is 11.7 Å². The Hall–Kier alpha value is -2.87. The third-order valence-electron chi connectivity index (χ3n) is 3.97. The fourth-order valence-corrected chi connectivity index (χ4v) is 3.54. The van der Waals surface area contributed by atoms with Gasteiger partial charge < -0.3 is 13.4 Å². The fraction of sp³-hybridized carbons (Fsp3) is 0.263. The zero-order chi connectivity index (χ0) is 18.5. The standard InChI is InChI=1S/C19H19N5O2S/c1-2-10-24-16(12-14-7-4-3-5-8-14)20-23-19(24)27-13-17-21-22-18(26-17)15-9-6-11-25-15/h3-9,11H,2,10,12-13H2,1H3. The largest absolute Gasteiger partial charge is 0.459 e. The van der Waals surface area contributed by atoms with Crippen LogP contribution in [0.4, 0.5) is 0 Å². The van der Waals surface area contributed by atoms with Gasteiger partial charge >= 0.3 is 0 Å². The van der Waals surface area contributed by atoms with Crippen molar-refractivity contribution in [3.05, 3.63) is 66.0 Å². The molecule has 3 aromatic heterocycles. The molecule has 4 aromatic rings. The van der Waals surface area contributed by atoms with E-state index in [1.807, 2.05) is 18.2 Å². The average molecular weight is 381 g/mol. The van der Waals surface area contributed by atoms with Gasteiger partial charge in [0.25, 0.3) is 5.89 Å². The summed E-state index contributed by atoms with van der Waals surface area (Å²) in [6, 6.07) is 13.9. The molecule has 0 fully saturated rings. The van der Waals surface area contributed by atoms with Gasteiger partial charge in [-0.2, -0.15) is 0 Å². The molecule has 27 heavy (non-hydrogen) atoms. The first kappa shape index (κ1) is 17.5. The van der Waals surface area contributed by atoms with Crippen LogP contribution in [0.15, 0.2) is 62.7 Å². The second-order valence-electron chi connectivity index (χ2n) is 5.98. The summed E-state index contributed by atoms with van der Waals surface area (Å²) < 4.78 is 13.1. The molecule has 8 heteroatoms. The van der Waals surface area contributed by atoms with Gasteiger partial charge in [0.2, 0.25) is 5.89 Å². The number of hydrogen-bond acceptors (Lipinski definition) is 7. The van der Waals surface area contributed by atoms with E-state index in [9.17, 15) is 0 Å². The molecule has 0 aliphatic heterocycles. The molecule has 0 spiro atoms. The predicted octanol–water partition coefficient (Wildman–Crippen LogP) is 4.21. The lowest BCUT2D eigenvalue weighted by molar-refractivity contribution is 0.494. The minimum atomic E-state index is 0.385. The quantitative estimate of drug-likeness (QED) is 0.423. The number of hydrogen-bond donors (Lipinski definition) is 0. The van der Waals surface area contributed by atoms with Crippen molar-refractivity contribution in [2.45, 2.75) is 37.2 Å². The van der Waals surface area contributed by atoms with E-state index in [1.165, 1.54) is 5.56 Å². The number of aromatic nitrogens is 5. The van der Waals surface area contributed by atoms with Gasteiger partial charge in [-0.1, -0.05) is 49.0 Å². The third-order valence-corrected chi connectivity index (χ3v) is 4.92. The van der Waals surface area contributed by atoms with E-state index in [0.717, 1.165) is 30.4 Å². The molecule has 4 rings (SSSR count). The highest BCUT2D eigenvalue weighted by atomic mass is 32.2. The molecule has 0 radical (unpaired) electrons. The average Bonchev–Trinajstić information content (AvgIpc) is 3.43. The number of rotatable bonds is 8. The van der Waals surface area contributed by atoms with Gasteiger partial charge in [-0.15, -0.1) is 20.4 Å². The lowest BCUT2D eigenvalue weighted by atomic mass is 10.1. The molecule has 0 saturated heterocycles. The SMILES string of the molecule is CCCn1c(Cc2ccccc2)nnc1SCc1nnc(-c2ccco2)o1. The van der Waals surface area contributed by atoms with Gasteiger partial charge in [0.15, 0.2) is 10.9 Å². The zero-order valence-corrected chi connectivity index (χ0v) is 15.7. The highest BCUT2D eigenvalue weighted by Crippen LogP contribution is 2.25. The molecule has 1 aromatic carbocycles. The Morgan fingerprint density at radius 2 is 1.89 bits per heavy atom. The molecule has 0 amide bonds. The Labute approximate surface area is 160 Å². The highest BCUT2D eigenvalue weighted by molar-refractivity contribution is 7.98. The summed E-state index contributed by atoms with van der Waals surface area (Å²) in [5, 5.41) is 17.7. The lowest BCUT2D eigenvalue weighted by Gasteiger charge is -2.08. The summed E-state index contributed by atoms with van der Waals surface area (Å²) in [6.45, 7) is 3.02. The van der Waals surface area contributed by atoms with Crippen molar-refractivity contribution in [1.29, 1.82) is 0 Å². The Kier molecular flexibility index (Phi) is 5.34. The topological polar surface area (TPSA) is 82.8 Å². The second kappa shape index (κ2) is 8.22. The molecule has 0 aliphatic carbocycles. The Balaban J connectivity index is 1.47. The number of furan rings is 1. The predicted molar refractivity (Wildman–Crippen MR) is 101 cm³/mol. The van der Waals surface area contributed by atoms with E-state index < -0.39 is 0 Å².